The molecule has 7 heteroatoms. The fourth-order valence-corrected chi connectivity index (χ4v) is 3.49. The van der Waals surface area contributed by atoms with E-state index in [9.17, 15) is 4.79 Å². The van der Waals surface area contributed by atoms with Crippen molar-refractivity contribution in [2.75, 3.05) is 13.7 Å². The molecule has 168 valence electrons. The van der Waals surface area contributed by atoms with Crippen molar-refractivity contribution in [3.63, 3.8) is 0 Å². The molecule has 0 fully saturated rings. The molecule has 1 heterocycles. The highest BCUT2D eigenvalue weighted by Gasteiger charge is 2.06. The van der Waals surface area contributed by atoms with Crippen molar-refractivity contribution in [3.05, 3.63) is 81.6 Å². The van der Waals surface area contributed by atoms with Crippen molar-refractivity contribution in [1.29, 1.82) is 0 Å². The second-order valence-corrected chi connectivity index (χ2v) is 8.33. The molecule has 0 aliphatic rings. The van der Waals surface area contributed by atoms with Crippen molar-refractivity contribution in [1.82, 2.24) is 15.1 Å². The number of hydrogen-bond acceptors (Lipinski definition) is 4. The van der Waals surface area contributed by atoms with Crippen LogP contribution in [-0.2, 0) is 17.9 Å². The Kier molecular flexibility index (Phi) is 8.50. The topological polar surface area (TPSA) is 65.4 Å². The van der Waals surface area contributed by atoms with Crippen LogP contribution in [0.1, 0.15) is 28.8 Å². The third-order valence-electron chi connectivity index (χ3n) is 4.87. The van der Waals surface area contributed by atoms with Crippen molar-refractivity contribution in [3.8, 4) is 11.5 Å². The SMILES string of the molecule is COc1ccc(/C=C/C(=O)NCCCn2cc(Br)c(C)n2)cc1COc1cccc(C)c1. The van der Waals surface area contributed by atoms with Gasteiger partial charge < -0.3 is 14.8 Å². The van der Waals surface area contributed by atoms with E-state index in [1.54, 1.807) is 19.3 Å². The second-order valence-electron chi connectivity index (χ2n) is 7.48. The molecule has 0 saturated heterocycles. The summed E-state index contributed by atoms with van der Waals surface area (Å²) in [6.45, 7) is 5.69. The molecule has 1 aromatic heterocycles. The van der Waals surface area contributed by atoms with Crippen LogP contribution in [0.25, 0.3) is 6.08 Å². The van der Waals surface area contributed by atoms with Crippen LogP contribution in [0.5, 0.6) is 11.5 Å². The molecule has 3 rings (SSSR count). The average Bonchev–Trinajstić information content (AvgIpc) is 3.11. The molecule has 0 spiro atoms. The van der Waals surface area contributed by atoms with Gasteiger partial charge in [0.1, 0.15) is 18.1 Å². The van der Waals surface area contributed by atoms with Crippen LogP contribution in [0.15, 0.2) is 59.2 Å². The Bertz CT molecular complexity index is 1070. The number of aromatic nitrogens is 2. The molecule has 0 saturated carbocycles. The summed E-state index contributed by atoms with van der Waals surface area (Å²) < 4.78 is 14.2. The number of methoxy groups -OCH3 is 1. The maximum Gasteiger partial charge on any atom is 0.244 e. The highest BCUT2D eigenvalue weighted by molar-refractivity contribution is 9.10. The van der Waals surface area contributed by atoms with Crippen molar-refractivity contribution in [2.24, 2.45) is 0 Å². The van der Waals surface area contributed by atoms with E-state index in [4.69, 9.17) is 9.47 Å². The van der Waals surface area contributed by atoms with Gasteiger partial charge in [-0.05, 0) is 77.7 Å². The molecule has 32 heavy (non-hydrogen) atoms. The summed E-state index contributed by atoms with van der Waals surface area (Å²) >= 11 is 3.45. The maximum atomic E-state index is 12.2. The first-order chi connectivity index (χ1) is 15.4. The van der Waals surface area contributed by atoms with Gasteiger partial charge in [0.15, 0.2) is 0 Å². The molecule has 6 nitrogen and oxygen atoms in total. The summed E-state index contributed by atoms with van der Waals surface area (Å²) in [5.41, 5.74) is 3.92. The van der Waals surface area contributed by atoms with Gasteiger partial charge in [0, 0.05) is 30.9 Å². The number of benzene rings is 2. The predicted octanol–water partition coefficient (Wildman–Crippen LogP) is 5.07. The molecular formula is C25H28BrN3O3. The van der Waals surface area contributed by atoms with Crippen LogP contribution in [-0.4, -0.2) is 29.3 Å². The van der Waals surface area contributed by atoms with Crippen LogP contribution in [0.3, 0.4) is 0 Å². The number of aryl methyl sites for hydroxylation is 3. The third kappa shape index (κ3) is 6.99. The lowest BCUT2D eigenvalue weighted by Crippen LogP contribution is -2.23. The monoisotopic (exact) mass is 497 g/mol. The summed E-state index contributed by atoms with van der Waals surface area (Å²) in [7, 11) is 1.64. The number of rotatable bonds is 10. The van der Waals surface area contributed by atoms with E-state index < -0.39 is 0 Å². The number of nitrogens with one attached hydrogen (secondary N) is 1. The highest BCUT2D eigenvalue weighted by Crippen LogP contribution is 2.23. The van der Waals surface area contributed by atoms with Gasteiger partial charge in [-0.25, -0.2) is 0 Å². The van der Waals surface area contributed by atoms with Crippen LogP contribution in [0.2, 0.25) is 0 Å². The van der Waals surface area contributed by atoms with Crippen molar-refractivity contribution < 1.29 is 14.3 Å². The summed E-state index contributed by atoms with van der Waals surface area (Å²) in [6, 6.07) is 13.7. The van der Waals surface area contributed by atoms with E-state index in [0.717, 1.165) is 51.3 Å². The first-order valence-corrected chi connectivity index (χ1v) is 11.3. The molecular weight excluding hydrogens is 470 g/mol. The summed E-state index contributed by atoms with van der Waals surface area (Å²) in [5.74, 6) is 1.43. The van der Waals surface area contributed by atoms with Gasteiger partial charge in [-0.2, -0.15) is 5.10 Å². The van der Waals surface area contributed by atoms with E-state index in [-0.39, 0.29) is 5.91 Å². The summed E-state index contributed by atoms with van der Waals surface area (Å²) in [6.07, 6.45) is 6.08. The van der Waals surface area contributed by atoms with E-state index in [1.165, 1.54) is 0 Å². The molecule has 0 radical (unpaired) electrons. The standard InChI is InChI=1S/C25H28BrN3O3/c1-18-6-4-7-22(14-18)32-17-21-15-20(8-10-24(21)31-3)9-11-25(30)27-12-5-13-29-16-23(26)19(2)28-29/h4,6-11,14-16H,5,12-13,17H2,1-3H3,(H,27,30)/b11-9+. The fraction of sp³-hybridized carbons (Fsp3) is 0.280. The summed E-state index contributed by atoms with van der Waals surface area (Å²) in [5, 5.41) is 7.29. The number of carbonyl (C=O) groups is 1. The van der Waals surface area contributed by atoms with Gasteiger partial charge in [0.2, 0.25) is 5.91 Å². The molecule has 3 aromatic rings. The number of nitrogens with zero attached hydrogens (tertiary/aromatic N) is 2. The Balaban J connectivity index is 1.51. The quantitative estimate of drug-likeness (QED) is 0.313. The Hall–Kier alpha value is -3.06. The highest BCUT2D eigenvalue weighted by atomic mass is 79.9. The Morgan fingerprint density at radius 1 is 1.22 bits per heavy atom. The van der Waals surface area contributed by atoms with Crippen LogP contribution in [0, 0.1) is 13.8 Å². The predicted molar refractivity (Wildman–Crippen MR) is 130 cm³/mol. The van der Waals surface area contributed by atoms with E-state index in [2.05, 4.69) is 26.3 Å². The van der Waals surface area contributed by atoms with Gasteiger partial charge in [-0.15, -0.1) is 0 Å². The molecule has 0 atom stereocenters. The van der Waals surface area contributed by atoms with Crippen LogP contribution < -0.4 is 14.8 Å². The third-order valence-corrected chi connectivity index (χ3v) is 5.64. The second kappa shape index (κ2) is 11.5. The van der Waals surface area contributed by atoms with Gasteiger partial charge in [-0.3, -0.25) is 9.48 Å². The minimum absolute atomic E-state index is 0.129. The number of amides is 1. The summed E-state index contributed by atoms with van der Waals surface area (Å²) in [4.78, 5) is 12.2. The van der Waals surface area contributed by atoms with Crippen molar-refractivity contribution >= 4 is 27.9 Å². The van der Waals surface area contributed by atoms with E-state index in [0.29, 0.717) is 13.2 Å². The molecule has 1 amide bonds. The molecule has 0 unspecified atom stereocenters. The Labute approximate surface area is 197 Å². The average molecular weight is 498 g/mol. The lowest BCUT2D eigenvalue weighted by Gasteiger charge is -2.11. The molecule has 1 N–H and O–H groups in total. The van der Waals surface area contributed by atoms with Gasteiger partial charge >= 0.3 is 0 Å². The van der Waals surface area contributed by atoms with E-state index in [1.807, 2.05) is 67.2 Å². The number of hydrogen-bond donors (Lipinski definition) is 1. The zero-order valence-electron chi connectivity index (χ0n) is 18.6. The Morgan fingerprint density at radius 3 is 2.78 bits per heavy atom. The minimum Gasteiger partial charge on any atom is -0.496 e. The molecule has 2 aromatic carbocycles. The Morgan fingerprint density at radius 2 is 2.06 bits per heavy atom. The van der Waals surface area contributed by atoms with Crippen LogP contribution in [0.4, 0.5) is 0 Å². The first kappa shape index (κ1) is 23.6. The number of halogens is 1. The lowest BCUT2D eigenvalue weighted by molar-refractivity contribution is -0.116. The molecule has 0 bridgehead atoms. The molecule has 0 aliphatic heterocycles. The van der Waals surface area contributed by atoms with E-state index >= 15 is 0 Å². The molecule has 0 aliphatic carbocycles. The maximum absolute atomic E-state index is 12.2. The minimum atomic E-state index is -0.129. The van der Waals surface area contributed by atoms with Gasteiger partial charge in [0.25, 0.3) is 0 Å². The smallest absolute Gasteiger partial charge is 0.244 e. The van der Waals surface area contributed by atoms with Gasteiger partial charge in [-0.1, -0.05) is 18.2 Å². The van der Waals surface area contributed by atoms with Crippen molar-refractivity contribution in [2.45, 2.75) is 33.4 Å². The zero-order valence-corrected chi connectivity index (χ0v) is 20.2. The number of ether oxygens (including phenoxy) is 2. The largest absolute Gasteiger partial charge is 0.496 e. The fourth-order valence-electron chi connectivity index (χ4n) is 3.17. The normalized spacial score (nSPS) is 11.0. The van der Waals surface area contributed by atoms with Crippen LogP contribution >= 0.6 is 15.9 Å². The number of carbonyl (C=O) groups excluding carboxylic acids is 1. The first-order valence-electron chi connectivity index (χ1n) is 10.5. The zero-order chi connectivity index (χ0) is 22.9. The lowest BCUT2D eigenvalue weighted by atomic mass is 10.1. The van der Waals surface area contributed by atoms with Gasteiger partial charge in [0.05, 0.1) is 17.3 Å².